The van der Waals surface area contributed by atoms with E-state index >= 15 is 0 Å². The molecule has 3 aromatic heterocycles. The molecule has 3 heterocycles. The second kappa shape index (κ2) is 7.10. The van der Waals surface area contributed by atoms with Gasteiger partial charge in [0.15, 0.2) is 5.82 Å². The summed E-state index contributed by atoms with van der Waals surface area (Å²) in [5.74, 6) is 7.39. The topological polar surface area (TPSA) is 99.0 Å². The van der Waals surface area contributed by atoms with Crippen molar-refractivity contribution in [2.75, 3.05) is 11.6 Å². The largest absolute Gasteiger partial charge is 0.469 e. The number of nitrogens with two attached hydrogens (primary N) is 1. The molecule has 7 nitrogen and oxygen atoms in total. The van der Waals surface area contributed by atoms with Gasteiger partial charge in [0.1, 0.15) is 5.76 Å². The van der Waals surface area contributed by atoms with Crippen LogP contribution in [0.2, 0.25) is 0 Å². The van der Waals surface area contributed by atoms with Gasteiger partial charge in [0, 0.05) is 4.88 Å². The Morgan fingerprint density at radius 1 is 1.50 bits per heavy atom. The Labute approximate surface area is 147 Å². The number of nitrogens with zero attached hydrogens (tertiary/aromatic N) is 3. The number of amides is 1. The first-order valence-electron chi connectivity index (χ1n) is 7.26. The number of aryl methyl sites for hydroxylation is 1. The van der Waals surface area contributed by atoms with Crippen LogP contribution in [0, 0.1) is 6.92 Å². The van der Waals surface area contributed by atoms with Gasteiger partial charge >= 0.3 is 0 Å². The van der Waals surface area contributed by atoms with Crippen molar-refractivity contribution in [2.45, 2.75) is 25.0 Å². The summed E-state index contributed by atoms with van der Waals surface area (Å²) in [7, 11) is 0. The lowest BCUT2D eigenvalue weighted by atomic mass is 10.2. The maximum absolute atomic E-state index is 12.1. The smallest absolute Gasteiger partial charge is 0.230 e. The highest BCUT2D eigenvalue weighted by molar-refractivity contribution is 7.99. The first-order valence-corrected chi connectivity index (χ1v) is 9.13. The number of hydrogen-bond donors (Lipinski definition) is 2. The van der Waals surface area contributed by atoms with Gasteiger partial charge in [0.2, 0.25) is 11.1 Å². The molecule has 126 valence electrons. The first-order chi connectivity index (χ1) is 11.6. The van der Waals surface area contributed by atoms with E-state index in [4.69, 9.17) is 10.3 Å². The Hall–Kier alpha value is -2.26. The van der Waals surface area contributed by atoms with Crippen molar-refractivity contribution in [2.24, 2.45) is 0 Å². The third kappa shape index (κ3) is 3.46. The van der Waals surface area contributed by atoms with Gasteiger partial charge in [-0.05, 0) is 31.4 Å². The van der Waals surface area contributed by atoms with Gasteiger partial charge < -0.3 is 15.6 Å². The zero-order chi connectivity index (χ0) is 17.1. The molecular weight excluding hydrogens is 346 g/mol. The third-order valence-electron chi connectivity index (χ3n) is 3.44. The third-order valence-corrected chi connectivity index (χ3v) is 5.44. The van der Waals surface area contributed by atoms with E-state index in [1.165, 1.54) is 16.4 Å². The molecule has 0 fully saturated rings. The van der Waals surface area contributed by atoms with E-state index in [0.717, 1.165) is 10.4 Å². The fraction of sp³-hybridized carbons (Fsp3) is 0.267. The monoisotopic (exact) mass is 363 g/mol. The maximum Gasteiger partial charge on any atom is 0.230 e. The van der Waals surface area contributed by atoms with E-state index in [2.05, 4.69) is 15.5 Å². The van der Waals surface area contributed by atoms with Gasteiger partial charge in [-0.25, -0.2) is 4.68 Å². The summed E-state index contributed by atoms with van der Waals surface area (Å²) in [6.07, 6.45) is 1.57. The molecule has 3 rings (SSSR count). The van der Waals surface area contributed by atoms with Crippen LogP contribution in [0.25, 0.3) is 11.4 Å². The van der Waals surface area contributed by atoms with Crippen molar-refractivity contribution in [3.63, 3.8) is 0 Å². The van der Waals surface area contributed by atoms with E-state index < -0.39 is 0 Å². The molecule has 0 saturated carbocycles. The Morgan fingerprint density at radius 2 is 2.33 bits per heavy atom. The Bertz CT molecular complexity index is 825. The van der Waals surface area contributed by atoms with Crippen LogP contribution in [-0.4, -0.2) is 26.5 Å². The average molecular weight is 363 g/mol. The predicted octanol–water partition coefficient (Wildman–Crippen LogP) is 2.59. The number of thiophene rings is 1. The van der Waals surface area contributed by atoms with E-state index in [-0.39, 0.29) is 17.7 Å². The summed E-state index contributed by atoms with van der Waals surface area (Å²) >= 11 is 2.86. The molecule has 3 N–H and O–H groups in total. The minimum Gasteiger partial charge on any atom is -0.469 e. The van der Waals surface area contributed by atoms with Crippen molar-refractivity contribution in [1.29, 1.82) is 0 Å². The van der Waals surface area contributed by atoms with E-state index in [9.17, 15) is 4.79 Å². The fourth-order valence-electron chi connectivity index (χ4n) is 2.20. The molecular formula is C15H17N5O2S2. The molecule has 0 aliphatic carbocycles. The van der Waals surface area contributed by atoms with Crippen LogP contribution in [-0.2, 0) is 4.79 Å². The molecule has 0 saturated heterocycles. The van der Waals surface area contributed by atoms with E-state index in [0.29, 0.717) is 16.7 Å². The summed E-state index contributed by atoms with van der Waals surface area (Å²) in [5, 5.41) is 13.5. The molecule has 0 aromatic carbocycles. The fourth-order valence-corrected chi connectivity index (χ4v) is 3.60. The number of nitrogen functional groups attached to an aromatic ring is 1. The lowest BCUT2D eigenvalue weighted by Gasteiger charge is -2.11. The highest BCUT2D eigenvalue weighted by Crippen LogP contribution is 2.25. The number of thioether (sulfide) groups is 1. The summed E-state index contributed by atoms with van der Waals surface area (Å²) in [4.78, 5) is 13.2. The SMILES string of the molecule is Cc1occc1-c1nnc(SCC(=O)NC(C)c2cccs2)n1N. The van der Waals surface area contributed by atoms with Crippen LogP contribution in [0.4, 0.5) is 0 Å². The number of nitrogens with one attached hydrogen (secondary N) is 1. The Kier molecular flexibility index (Phi) is 4.91. The van der Waals surface area contributed by atoms with Gasteiger partial charge in [0.05, 0.1) is 23.6 Å². The van der Waals surface area contributed by atoms with Crippen LogP contribution in [0.15, 0.2) is 39.4 Å². The van der Waals surface area contributed by atoms with Crippen LogP contribution in [0.1, 0.15) is 23.6 Å². The molecule has 0 radical (unpaired) electrons. The molecule has 1 unspecified atom stereocenters. The number of rotatable bonds is 6. The highest BCUT2D eigenvalue weighted by atomic mass is 32.2. The van der Waals surface area contributed by atoms with Gasteiger partial charge in [-0.2, -0.15) is 0 Å². The molecule has 0 aliphatic heterocycles. The van der Waals surface area contributed by atoms with Crippen molar-refractivity contribution in [3.05, 3.63) is 40.5 Å². The van der Waals surface area contributed by atoms with Crippen LogP contribution < -0.4 is 11.2 Å². The minimum atomic E-state index is -0.0788. The standard InChI is InChI=1S/C15H17N5O2S2/c1-9(12-4-3-7-23-12)17-13(21)8-24-15-19-18-14(20(15)16)11-5-6-22-10(11)2/h3-7,9H,8,16H2,1-2H3,(H,17,21). The van der Waals surface area contributed by atoms with Gasteiger partial charge in [-0.3, -0.25) is 4.79 Å². The lowest BCUT2D eigenvalue weighted by molar-refractivity contribution is -0.119. The van der Waals surface area contributed by atoms with Gasteiger partial charge in [-0.15, -0.1) is 21.5 Å². The highest BCUT2D eigenvalue weighted by Gasteiger charge is 2.17. The van der Waals surface area contributed by atoms with Crippen molar-refractivity contribution in [3.8, 4) is 11.4 Å². The summed E-state index contributed by atoms with van der Waals surface area (Å²) in [5.41, 5.74) is 0.785. The quantitative estimate of drug-likeness (QED) is 0.516. The predicted molar refractivity (Wildman–Crippen MR) is 94.2 cm³/mol. The van der Waals surface area contributed by atoms with Crippen LogP contribution in [0.5, 0.6) is 0 Å². The zero-order valence-corrected chi connectivity index (χ0v) is 14.9. The molecule has 9 heteroatoms. The van der Waals surface area contributed by atoms with Crippen LogP contribution >= 0.6 is 23.1 Å². The number of carbonyl (C=O) groups is 1. The molecule has 0 aliphatic rings. The Morgan fingerprint density at radius 3 is 3.00 bits per heavy atom. The maximum atomic E-state index is 12.1. The van der Waals surface area contributed by atoms with Gasteiger partial charge in [-0.1, -0.05) is 17.8 Å². The lowest BCUT2D eigenvalue weighted by Crippen LogP contribution is -2.28. The van der Waals surface area contributed by atoms with Crippen molar-refractivity contribution in [1.82, 2.24) is 20.2 Å². The number of furan rings is 1. The first kappa shape index (κ1) is 16.6. The number of hydrogen-bond acceptors (Lipinski definition) is 7. The minimum absolute atomic E-state index is 0.0158. The summed E-state index contributed by atoms with van der Waals surface area (Å²) in [6, 6.07) is 5.73. The second-order valence-electron chi connectivity index (χ2n) is 5.16. The number of aromatic nitrogens is 3. The van der Waals surface area contributed by atoms with Crippen molar-refractivity contribution >= 4 is 29.0 Å². The molecule has 0 bridgehead atoms. The molecule has 3 aromatic rings. The Balaban J connectivity index is 1.60. The molecule has 24 heavy (non-hydrogen) atoms. The molecule has 0 spiro atoms. The van der Waals surface area contributed by atoms with E-state index in [1.807, 2.05) is 31.4 Å². The zero-order valence-electron chi connectivity index (χ0n) is 13.2. The van der Waals surface area contributed by atoms with Crippen molar-refractivity contribution < 1.29 is 9.21 Å². The molecule has 1 amide bonds. The summed E-state index contributed by atoms with van der Waals surface area (Å²) < 4.78 is 6.63. The van der Waals surface area contributed by atoms with Gasteiger partial charge in [0.25, 0.3) is 0 Å². The average Bonchev–Trinajstić information content (AvgIpc) is 3.27. The normalized spacial score (nSPS) is 12.2. The molecule has 1 atom stereocenters. The van der Waals surface area contributed by atoms with Crippen LogP contribution in [0.3, 0.4) is 0 Å². The second-order valence-corrected chi connectivity index (χ2v) is 7.08. The number of carbonyl (C=O) groups excluding carboxylic acids is 1. The van der Waals surface area contributed by atoms with E-state index in [1.54, 1.807) is 23.7 Å². The summed E-state index contributed by atoms with van der Waals surface area (Å²) in [6.45, 7) is 3.79.